The molecule has 0 atom stereocenters. The fourth-order valence-electron chi connectivity index (χ4n) is 0.176. The molecule has 1 aromatic rings. The molecule has 0 unspecified atom stereocenters. The second-order valence-corrected chi connectivity index (χ2v) is 2.13. The van der Waals surface area contributed by atoms with E-state index in [2.05, 4.69) is 4.98 Å². The van der Waals surface area contributed by atoms with Gasteiger partial charge in [-0.1, -0.05) is 0 Å². The van der Waals surface area contributed by atoms with E-state index in [1.54, 1.807) is 23.0 Å². The van der Waals surface area contributed by atoms with E-state index in [9.17, 15) is 0 Å². The molecule has 0 fully saturated rings. The number of thiazole rings is 1. The van der Waals surface area contributed by atoms with Gasteiger partial charge in [0.2, 0.25) is 0 Å². The average molecular weight is 164 g/mol. The summed E-state index contributed by atoms with van der Waals surface area (Å²) in [6, 6.07) is 0. The lowest BCUT2D eigenvalue weighted by atomic mass is 11.0. The summed E-state index contributed by atoms with van der Waals surface area (Å²) in [7, 11) is -2.61. The molecule has 1 aromatic heterocycles. The topological polar surface area (TPSA) is 70.9 Å². The maximum atomic E-state index is 8.67. The molecule has 50 valence electrons. The van der Waals surface area contributed by atoms with Crippen LogP contribution in [0.4, 0.5) is 0 Å². The molecule has 0 saturated carbocycles. The van der Waals surface area contributed by atoms with Crippen molar-refractivity contribution in [1.29, 1.82) is 4.78 Å². The second-order valence-electron chi connectivity index (χ2n) is 0.910. The van der Waals surface area contributed by atoms with E-state index in [0.717, 1.165) is 0 Å². The van der Waals surface area contributed by atoms with Crippen molar-refractivity contribution in [2.75, 3.05) is 0 Å². The second kappa shape index (κ2) is 5.39. The molecule has 0 aliphatic carbocycles. The summed E-state index contributed by atoms with van der Waals surface area (Å²) >= 11 is 1.60. The summed E-state index contributed by atoms with van der Waals surface area (Å²) in [4.78, 5) is 3.74. The van der Waals surface area contributed by atoms with Gasteiger partial charge >= 0.3 is 10.5 Å². The normalized spacial score (nSPS) is 7.11. The molecule has 0 spiro atoms. The number of rotatable bonds is 0. The Hall–Kier alpha value is -0.750. The zero-order valence-corrected chi connectivity index (χ0v) is 5.95. The Labute approximate surface area is 57.7 Å². The van der Waals surface area contributed by atoms with Crippen molar-refractivity contribution in [3.63, 3.8) is 0 Å². The van der Waals surface area contributed by atoms with E-state index < -0.39 is 10.5 Å². The van der Waals surface area contributed by atoms with Crippen molar-refractivity contribution < 1.29 is 8.42 Å². The summed E-state index contributed by atoms with van der Waals surface area (Å²) < 4.78 is 22.8. The minimum Gasteiger partial charge on any atom is -0.253 e. The molecule has 0 radical (unpaired) electrons. The third kappa shape index (κ3) is 11.1. The standard InChI is InChI=1S/C3H3NS.HNO2S/c1-2-5-3-4-1;1-4(2)3/h1-3H;1H. The highest BCUT2D eigenvalue weighted by molar-refractivity contribution is 7.60. The summed E-state index contributed by atoms with van der Waals surface area (Å²) in [5.41, 5.74) is 1.79. The molecular weight excluding hydrogens is 160 g/mol. The van der Waals surface area contributed by atoms with Crippen molar-refractivity contribution in [2.24, 2.45) is 0 Å². The minimum atomic E-state index is -2.61. The van der Waals surface area contributed by atoms with Gasteiger partial charge in [-0.15, -0.1) is 11.3 Å². The third-order valence-electron chi connectivity index (χ3n) is 0.347. The van der Waals surface area contributed by atoms with E-state index in [-0.39, 0.29) is 0 Å². The molecule has 9 heavy (non-hydrogen) atoms. The number of nitrogens with one attached hydrogen (secondary N) is 1. The molecule has 0 bridgehead atoms. The molecule has 1 N–H and O–H groups in total. The van der Waals surface area contributed by atoms with Crippen molar-refractivity contribution in [2.45, 2.75) is 0 Å². The number of nitrogens with zero attached hydrogens (tertiary/aromatic N) is 1. The van der Waals surface area contributed by atoms with Crippen LogP contribution in [0.3, 0.4) is 0 Å². The van der Waals surface area contributed by atoms with Gasteiger partial charge in [0.1, 0.15) is 0 Å². The molecular formula is C3H4N2O2S2. The smallest absolute Gasteiger partial charge is 0.253 e. The van der Waals surface area contributed by atoms with Crippen LogP contribution in [-0.4, -0.2) is 13.4 Å². The van der Waals surface area contributed by atoms with E-state index in [1.807, 2.05) is 5.38 Å². The van der Waals surface area contributed by atoms with Gasteiger partial charge < -0.3 is 0 Å². The molecule has 1 rings (SSSR count). The zero-order chi connectivity index (χ0) is 7.11. The maximum Gasteiger partial charge on any atom is 0.308 e. The van der Waals surface area contributed by atoms with Gasteiger partial charge in [0, 0.05) is 11.6 Å². The molecule has 0 saturated heterocycles. The Morgan fingerprint density at radius 2 is 2.11 bits per heavy atom. The number of hydrogen-bond donors (Lipinski definition) is 1. The molecule has 0 aromatic carbocycles. The highest BCUT2D eigenvalue weighted by Gasteiger charge is 1.59. The monoisotopic (exact) mass is 164 g/mol. The molecule has 4 nitrogen and oxygen atoms in total. The zero-order valence-electron chi connectivity index (χ0n) is 4.31. The van der Waals surface area contributed by atoms with Crippen molar-refractivity contribution in [3.05, 3.63) is 17.1 Å². The average Bonchev–Trinajstić information content (AvgIpc) is 2.11. The van der Waals surface area contributed by atoms with Gasteiger partial charge in [0.25, 0.3) is 0 Å². The third-order valence-corrected chi connectivity index (χ3v) is 0.869. The van der Waals surface area contributed by atoms with Crippen LogP contribution in [0.25, 0.3) is 0 Å². The van der Waals surface area contributed by atoms with Crippen LogP contribution < -0.4 is 0 Å². The van der Waals surface area contributed by atoms with E-state index in [1.165, 1.54) is 0 Å². The van der Waals surface area contributed by atoms with Crippen LogP contribution in [0.2, 0.25) is 0 Å². The Morgan fingerprint density at radius 3 is 2.22 bits per heavy atom. The lowest BCUT2D eigenvalue weighted by Gasteiger charge is -1.41. The molecule has 0 aliphatic rings. The van der Waals surface area contributed by atoms with E-state index in [0.29, 0.717) is 0 Å². The fraction of sp³-hybridized carbons (Fsp3) is 0. The first-order chi connectivity index (χ1) is 4.23. The lowest BCUT2D eigenvalue weighted by molar-refractivity contribution is 0.620. The quantitative estimate of drug-likeness (QED) is 0.615. The molecule has 0 aliphatic heterocycles. The van der Waals surface area contributed by atoms with Gasteiger partial charge in [0.15, 0.2) is 0 Å². The Bertz CT molecular complexity index is 200. The van der Waals surface area contributed by atoms with Gasteiger partial charge in [-0.3, -0.25) is 4.98 Å². The van der Waals surface area contributed by atoms with Crippen molar-refractivity contribution in [1.82, 2.24) is 4.98 Å². The van der Waals surface area contributed by atoms with Crippen LogP contribution in [0.1, 0.15) is 0 Å². The summed E-state index contributed by atoms with van der Waals surface area (Å²) in [5.74, 6) is 0. The first-order valence-corrected chi connectivity index (χ1v) is 3.88. The van der Waals surface area contributed by atoms with E-state index in [4.69, 9.17) is 13.2 Å². The van der Waals surface area contributed by atoms with Crippen LogP contribution in [0, 0.1) is 4.78 Å². The van der Waals surface area contributed by atoms with Crippen LogP contribution >= 0.6 is 11.3 Å². The summed E-state index contributed by atoms with van der Waals surface area (Å²) in [6.45, 7) is 0. The van der Waals surface area contributed by atoms with Gasteiger partial charge in [-0.25, -0.2) is 0 Å². The van der Waals surface area contributed by atoms with Gasteiger partial charge in [-0.2, -0.15) is 13.2 Å². The number of aromatic nitrogens is 1. The van der Waals surface area contributed by atoms with E-state index >= 15 is 0 Å². The summed E-state index contributed by atoms with van der Waals surface area (Å²) in [6.07, 6.45) is 1.77. The van der Waals surface area contributed by atoms with Crippen LogP contribution in [0.5, 0.6) is 0 Å². The first-order valence-electron chi connectivity index (χ1n) is 1.86. The Kier molecular flexibility index (Phi) is 4.94. The minimum absolute atomic E-state index is 1.60. The largest absolute Gasteiger partial charge is 0.308 e. The van der Waals surface area contributed by atoms with Crippen molar-refractivity contribution >= 4 is 21.8 Å². The molecule has 6 heteroatoms. The maximum absolute atomic E-state index is 8.67. The highest BCUT2D eigenvalue weighted by atomic mass is 32.2. The Morgan fingerprint density at radius 1 is 1.56 bits per heavy atom. The van der Waals surface area contributed by atoms with Crippen LogP contribution in [-0.2, 0) is 10.5 Å². The molecule has 1 heterocycles. The predicted octanol–water partition coefficient (Wildman–Crippen LogP) is 0.771. The highest BCUT2D eigenvalue weighted by Crippen LogP contribution is 1.85. The predicted molar refractivity (Wildman–Crippen MR) is 33.8 cm³/mol. The fourth-order valence-corrected chi connectivity index (χ4v) is 0.527. The Balaban J connectivity index is 0.000000148. The van der Waals surface area contributed by atoms with Crippen LogP contribution in [0.15, 0.2) is 17.1 Å². The van der Waals surface area contributed by atoms with Gasteiger partial charge in [0.05, 0.1) is 5.51 Å². The number of hydrogen-bond acceptors (Lipinski definition) is 5. The molecule has 0 amide bonds. The van der Waals surface area contributed by atoms with Gasteiger partial charge in [-0.05, 0) is 0 Å². The SMILES string of the molecule is N=S(=O)=O.c1cscn1. The first kappa shape index (κ1) is 8.25. The lowest BCUT2D eigenvalue weighted by Crippen LogP contribution is -1.38. The summed E-state index contributed by atoms with van der Waals surface area (Å²) in [5, 5.41) is 1.93. The van der Waals surface area contributed by atoms with Crippen molar-refractivity contribution in [3.8, 4) is 0 Å².